The summed E-state index contributed by atoms with van der Waals surface area (Å²) in [6.07, 6.45) is 7.97. The van der Waals surface area contributed by atoms with E-state index in [1.807, 2.05) is 0 Å². The average molecular weight is 266 g/mol. The molecule has 2 aliphatic rings. The van der Waals surface area contributed by atoms with Crippen molar-refractivity contribution >= 4 is 0 Å². The molecule has 2 saturated carbocycles. The topological polar surface area (TPSA) is 29.3 Å². The SMILES string of the molecule is CCC(C)(C)C1CCC(N)C(N(C)C(C)C2CC2)C1. The van der Waals surface area contributed by atoms with Crippen LogP contribution in [0.3, 0.4) is 0 Å². The van der Waals surface area contributed by atoms with Crippen LogP contribution in [0.4, 0.5) is 0 Å². The lowest BCUT2D eigenvalue weighted by molar-refractivity contribution is 0.0509. The van der Waals surface area contributed by atoms with Gasteiger partial charge in [0.15, 0.2) is 0 Å². The first-order valence-electron chi connectivity index (χ1n) is 8.34. The first-order valence-corrected chi connectivity index (χ1v) is 8.34. The van der Waals surface area contributed by atoms with Crippen LogP contribution in [0.15, 0.2) is 0 Å². The molecular formula is C17H34N2. The highest BCUT2D eigenvalue weighted by molar-refractivity contribution is 4.96. The molecule has 0 aromatic heterocycles. The second-order valence-corrected chi connectivity index (χ2v) is 7.83. The average Bonchev–Trinajstić information content (AvgIpc) is 3.21. The number of hydrogen-bond donors (Lipinski definition) is 1. The van der Waals surface area contributed by atoms with Crippen molar-refractivity contribution < 1.29 is 0 Å². The van der Waals surface area contributed by atoms with E-state index in [1.165, 1.54) is 38.5 Å². The van der Waals surface area contributed by atoms with Gasteiger partial charge in [-0.25, -0.2) is 0 Å². The van der Waals surface area contributed by atoms with Crippen molar-refractivity contribution in [1.29, 1.82) is 0 Å². The molecule has 0 saturated heterocycles. The monoisotopic (exact) mass is 266 g/mol. The third-order valence-electron chi connectivity index (χ3n) is 6.35. The van der Waals surface area contributed by atoms with E-state index in [4.69, 9.17) is 5.73 Å². The Labute approximate surface area is 120 Å². The van der Waals surface area contributed by atoms with Crippen LogP contribution in [-0.4, -0.2) is 30.1 Å². The molecule has 0 amide bonds. The van der Waals surface area contributed by atoms with Gasteiger partial charge in [0.2, 0.25) is 0 Å². The molecule has 19 heavy (non-hydrogen) atoms. The van der Waals surface area contributed by atoms with E-state index in [2.05, 4.69) is 39.6 Å². The molecule has 2 N–H and O–H groups in total. The Kier molecular flexibility index (Phi) is 4.62. The summed E-state index contributed by atoms with van der Waals surface area (Å²) in [5, 5.41) is 0. The van der Waals surface area contributed by atoms with E-state index in [-0.39, 0.29) is 0 Å². The second-order valence-electron chi connectivity index (χ2n) is 7.83. The smallest absolute Gasteiger partial charge is 0.0249 e. The van der Waals surface area contributed by atoms with Crippen molar-refractivity contribution in [2.45, 2.75) is 84.3 Å². The molecule has 0 aliphatic heterocycles. The minimum Gasteiger partial charge on any atom is -0.326 e. The van der Waals surface area contributed by atoms with Crippen LogP contribution in [0.2, 0.25) is 0 Å². The van der Waals surface area contributed by atoms with Crippen molar-refractivity contribution in [3.05, 3.63) is 0 Å². The fourth-order valence-electron chi connectivity index (χ4n) is 3.85. The van der Waals surface area contributed by atoms with Gasteiger partial charge in [-0.2, -0.15) is 0 Å². The maximum atomic E-state index is 6.44. The lowest BCUT2D eigenvalue weighted by Gasteiger charge is -2.46. The third-order valence-corrected chi connectivity index (χ3v) is 6.35. The molecule has 2 aliphatic carbocycles. The van der Waals surface area contributed by atoms with Gasteiger partial charge in [0.25, 0.3) is 0 Å². The number of likely N-dealkylation sites (N-methyl/N-ethyl adjacent to an activating group) is 1. The molecule has 2 rings (SSSR count). The molecule has 2 nitrogen and oxygen atoms in total. The lowest BCUT2D eigenvalue weighted by Crippen LogP contribution is -2.54. The van der Waals surface area contributed by atoms with Crippen LogP contribution >= 0.6 is 0 Å². The van der Waals surface area contributed by atoms with Gasteiger partial charge in [-0.1, -0.05) is 27.2 Å². The molecule has 2 fully saturated rings. The van der Waals surface area contributed by atoms with Crippen molar-refractivity contribution in [2.75, 3.05) is 7.05 Å². The van der Waals surface area contributed by atoms with E-state index >= 15 is 0 Å². The Hall–Kier alpha value is -0.0800. The summed E-state index contributed by atoms with van der Waals surface area (Å²) >= 11 is 0. The van der Waals surface area contributed by atoms with Crippen LogP contribution < -0.4 is 5.73 Å². The maximum absolute atomic E-state index is 6.44. The van der Waals surface area contributed by atoms with Crippen LogP contribution in [-0.2, 0) is 0 Å². The molecular weight excluding hydrogens is 232 g/mol. The van der Waals surface area contributed by atoms with E-state index in [0.29, 0.717) is 17.5 Å². The number of nitrogens with two attached hydrogens (primary N) is 1. The number of hydrogen-bond acceptors (Lipinski definition) is 2. The van der Waals surface area contributed by atoms with Gasteiger partial charge in [-0.3, -0.25) is 4.90 Å². The maximum Gasteiger partial charge on any atom is 0.0249 e. The molecule has 0 aromatic carbocycles. The van der Waals surface area contributed by atoms with Gasteiger partial charge in [0, 0.05) is 18.1 Å². The summed E-state index contributed by atoms with van der Waals surface area (Å²) in [6, 6.07) is 1.70. The van der Waals surface area contributed by atoms with E-state index in [1.54, 1.807) is 0 Å². The molecule has 4 unspecified atom stereocenters. The third kappa shape index (κ3) is 3.33. The predicted molar refractivity (Wildman–Crippen MR) is 83.1 cm³/mol. The summed E-state index contributed by atoms with van der Waals surface area (Å²) in [5.74, 6) is 1.79. The highest BCUT2D eigenvalue weighted by atomic mass is 15.2. The standard InChI is InChI=1S/C17H34N2/c1-6-17(3,4)14-9-10-15(18)16(11-14)19(5)12(2)13-7-8-13/h12-16H,6-11,18H2,1-5H3. The molecule has 0 bridgehead atoms. The minimum atomic E-state index is 0.384. The lowest BCUT2D eigenvalue weighted by atomic mass is 9.67. The van der Waals surface area contributed by atoms with Gasteiger partial charge < -0.3 is 5.73 Å². The first kappa shape index (κ1) is 15.3. The molecule has 2 heteroatoms. The quantitative estimate of drug-likeness (QED) is 0.823. The summed E-state index contributed by atoms with van der Waals surface area (Å²) < 4.78 is 0. The summed E-state index contributed by atoms with van der Waals surface area (Å²) in [7, 11) is 2.31. The van der Waals surface area contributed by atoms with Crippen LogP contribution in [0.25, 0.3) is 0 Å². The zero-order chi connectivity index (χ0) is 14.2. The van der Waals surface area contributed by atoms with Gasteiger partial charge in [0.1, 0.15) is 0 Å². The molecule has 0 radical (unpaired) electrons. The summed E-state index contributed by atoms with van der Waals surface area (Å²) in [6.45, 7) is 9.62. The van der Waals surface area contributed by atoms with Crippen molar-refractivity contribution in [3.63, 3.8) is 0 Å². The molecule has 0 heterocycles. The second kappa shape index (κ2) is 5.73. The van der Waals surface area contributed by atoms with Crippen LogP contribution in [0.5, 0.6) is 0 Å². The Balaban J connectivity index is 2.01. The fraction of sp³-hybridized carbons (Fsp3) is 1.00. The first-order chi connectivity index (χ1) is 8.86. The highest BCUT2D eigenvalue weighted by Crippen LogP contribution is 2.43. The number of rotatable bonds is 5. The van der Waals surface area contributed by atoms with Gasteiger partial charge >= 0.3 is 0 Å². The number of nitrogens with zero attached hydrogens (tertiary/aromatic N) is 1. The van der Waals surface area contributed by atoms with E-state index in [9.17, 15) is 0 Å². The van der Waals surface area contributed by atoms with E-state index in [0.717, 1.165) is 17.9 Å². The summed E-state index contributed by atoms with van der Waals surface area (Å²) in [5.41, 5.74) is 6.92. The predicted octanol–water partition coefficient (Wildman–Crippen LogP) is 3.65. The van der Waals surface area contributed by atoms with Crippen molar-refractivity contribution in [3.8, 4) is 0 Å². The Morgan fingerprint density at radius 3 is 2.37 bits per heavy atom. The highest BCUT2D eigenvalue weighted by Gasteiger charge is 2.40. The van der Waals surface area contributed by atoms with Crippen LogP contribution in [0.1, 0.15) is 66.2 Å². The van der Waals surface area contributed by atoms with Crippen molar-refractivity contribution in [2.24, 2.45) is 23.0 Å². The largest absolute Gasteiger partial charge is 0.326 e. The van der Waals surface area contributed by atoms with Gasteiger partial charge in [0.05, 0.1) is 0 Å². The van der Waals surface area contributed by atoms with Crippen molar-refractivity contribution in [1.82, 2.24) is 4.90 Å². The molecule has 0 spiro atoms. The molecule has 112 valence electrons. The van der Waals surface area contributed by atoms with Gasteiger partial charge in [-0.15, -0.1) is 0 Å². The zero-order valence-corrected chi connectivity index (χ0v) is 13.7. The van der Waals surface area contributed by atoms with E-state index < -0.39 is 0 Å². The minimum absolute atomic E-state index is 0.384. The van der Waals surface area contributed by atoms with Crippen LogP contribution in [0, 0.1) is 17.3 Å². The fourth-order valence-corrected chi connectivity index (χ4v) is 3.85. The molecule has 4 atom stereocenters. The molecule has 0 aromatic rings. The zero-order valence-electron chi connectivity index (χ0n) is 13.7. The summed E-state index contributed by atoms with van der Waals surface area (Å²) in [4.78, 5) is 2.61. The Morgan fingerprint density at radius 1 is 1.21 bits per heavy atom. The Morgan fingerprint density at radius 2 is 1.84 bits per heavy atom. The Bertz CT molecular complexity index is 296. The normalized spacial score (nSPS) is 34.6. The van der Waals surface area contributed by atoms with Gasteiger partial charge in [-0.05, 0) is 63.3 Å².